The number of hydrazine groups is 1. The Bertz CT molecular complexity index is 5070. The minimum atomic E-state index is -1.47. The molecule has 39 heteroatoms. The molecule has 5 aromatic carbocycles. The first-order valence-corrected chi connectivity index (χ1v) is 45.0. The lowest BCUT2D eigenvalue weighted by molar-refractivity contribution is -0.926. The molecule has 0 aliphatic carbocycles. The second kappa shape index (κ2) is 57.3. The predicted octanol–water partition coefficient (Wildman–Crippen LogP) is 8.50. The van der Waals surface area contributed by atoms with Crippen LogP contribution in [-0.2, 0) is 107 Å². The van der Waals surface area contributed by atoms with E-state index in [1.165, 1.54) is 39.7 Å². The van der Waals surface area contributed by atoms with Crippen LogP contribution in [0.1, 0.15) is 54.6 Å². The van der Waals surface area contributed by atoms with Crippen molar-refractivity contribution in [1.29, 1.82) is 0 Å². The van der Waals surface area contributed by atoms with Crippen molar-refractivity contribution < 1.29 is 119 Å². The van der Waals surface area contributed by atoms with Gasteiger partial charge in [-0.1, -0.05) is 80.0 Å². The van der Waals surface area contributed by atoms with Crippen molar-refractivity contribution in [2.75, 3.05) is 211 Å². The number of nitrogens with two attached hydrogens (primary N) is 2. The fraction of sp³-hybridized carbons (Fsp3) is 0.457. The summed E-state index contributed by atoms with van der Waals surface area (Å²) in [6.07, 6.45) is 5.57. The molecule has 720 valence electrons. The van der Waals surface area contributed by atoms with Crippen LogP contribution >= 0.6 is 22.9 Å². The van der Waals surface area contributed by atoms with E-state index < -0.39 is 54.2 Å². The number of piperazine rings is 1. The monoisotopic (exact) mass is 1890 g/mol. The maximum Gasteiger partial charge on any atom is 0.345 e. The summed E-state index contributed by atoms with van der Waals surface area (Å²) in [6.45, 7) is 16.1. The number of aliphatic carboxylic acids is 2. The number of nitrogens with one attached hydrogen (secondary N) is 3. The molecule has 1 saturated heterocycles. The maximum atomic E-state index is 14.6. The number of fused-ring (bicyclic) bond motifs is 1. The molecule has 9 rings (SSSR count). The highest BCUT2D eigenvalue weighted by molar-refractivity contribution is 7.22. The van der Waals surface area contributed by atoms with Gasteiger partial charge in [0.05, 0.1) is 206 Å². The van der Waals surface area contributed by atoms with Gasteiger partial charge in [0.15, 0.2) is 5.82 Å². The molecule has 1 aliphatic rings. The zero-order valence-corrected chi connectivity index (χ0v) is 77.6. The third-order valence-corrected chi connectivity index (χ3v) is 22.6. The van der Waals surface area contributed by atoms with Crippen molar-refractivity contribution in [1.82, 2.24) is 45.4 Å². The van der Waals surface area contributed by atoms with Gasteiger partial charge in [-0.2, -0.15) is 0 Å². The smallest absolute Gasteiger partial charge is 0.345 e. The van der Waals surface area contributed by atoms with Gasteiger partial charge in [-0.3, -0.25) is 33.7 Å². The number of nitrogens with zero attached hydrogens (tertiary/aromatic N) is 8. The van der Waals surface area contributed by atoms with Crippen molar-refractivity contribution in [3.8, 4) is 56.1 Å². The molecule has 3 aromatic heterocycles. The number of rotatable bonds is 64. The lowest BCUT2D eigenvalue weighted by Crippen LogP contribution is -2.57. The van der Waals surface area contributed by atoms with E-state index in [1.807, 2.05) is 49.4 Å². The molecule has 4 amide bonds. The largest absolute Gasteiger partial charge is 0.496 e. The number of thiophene rings is 1. The van der Waals surface area contributed by atoms with E-state index in [2.05, 4.69) is 42.8 Å². The first-order chi connectivity index (χ1) is 64.4. The summed E-state index contributed by atoms with van der Waals surface area (Å²) in [6, 6.07) is 30.6. The van der Waals surface area contributed by atoms with Gasteiger partial charge < -0.3 is 113 Å². The van der Waals surface area contributed by atoms with Gasteiger partial charge in [0.2, 0.25) is 35.6 Å². The van der Waals surface area contributed by atoms with Gasteiger partial charge in [-0.15, -0.1) is 11.3 Å². The summed E-state index contributed by atoms with van der Waals surface area (Å²) in [4.78, 5) is 110. The molecule has 0 saturated carbocycles. The first kappa shape index (κ1) is 105. The number of aromatic nitrogens is 4. The number of carboxylic acid groups (broad SMARTS) is 2. The highest BCUT2D eigenvalue weighted by Crippen LogP contribution is 2.50. The number of benzene rings is 5. The Hall–Kier alpha value is -11.3. The van der Waals surface area contributed by atoms with Gasteiger partial charge in [0.25, 0.3) is 0 Å². The Morgan fingerprint density at radius 2 is 1.30 bits per heavy atom. The van der Waals surface area contributed by atoms with Crippen molar-refractivity contribution in [2.24, 2.45) is 17.5 Å². The molecule has 0 spiro atoms. The third kappa shape index (κ3) is 36.2. The number of allylic oxidation sites excluding steroid dienone is 1. The van der Waals surface area contributed by atoms with E-state index in [4.69, 9.17) is 99.6 Å². The van der Waals surface area contributed by atoms with Crippen molar-refractivity contribution in [3.05, 3.63) is 185 Å². The highest BCUT2D eigenvalue weighted by Gasteiger charge is 2.33. The Morgan fingerprint density at radius 3 is 1.95 bits per heavy atom. The molecular formula is C94H122ClFN13O23S+. The summed E-state index contributed by atoms with van der Waals surface area (Å²) in [5.41, 5.74) is 13.4. The van der Waals surface area contributed by atoms with E-state index in [0.717, 1.165) is 49.5 Å². The number of halogens is 2. The van der Waals surface area contributed by atoms with Gasteiger partial charge in [-0.25, -0.2) is 35.0 Å². The Morgan fingerprint density at radius 1 is 0.677 bits per heavy atom. The number of aldehydes is 1. The van der Waals surface area contributed by atoms with Crippen LogP contribution < -0.4 is 46.5 Å². The van der Waals surface area contributed by atoms with Gasteiger partial charge in [0.1, 0.15) is 66.3 Å². The number of hydrogen-bond acceptors (Lipinski definition) is 30. The van der Waals surface area contributed by atoms with Crippen LogP contribution in [0.15, 0.2) is 146 Å². The molecule has 36 nitrogen and oxygen atoms in total. The van der Waals surface area contributed by atoms with Crippen LogP contribution in [0.3, 0.4) is 0 Å². The standard InChI is InChI=1S/C94H121ClFN13O23S/c1-65(2)88(105-81(111)26-37-120-39-31-106(4)83(113)16-11-36-110)91(116)100-58-82(112)103-73-22-19-69(70(56-73)61-129-62-72(97)59-108(98)33-40-122-43-45-124-47-49-126-51-53-128-55-54-127-52-50-125-48-46-123-44-42-121-38-27-84(114)115)60-109(5)34-29-107(30-35-109)32-41-130-79-24-23-75(66(3)87(79)95)85-86-92(101-64-102-93(86)133-89(85)67-17-20-71(96)21-18-67)132-80(94(117)118)57-68-12-7-9-14-77(68)131-63-74-25-28-99-90(104-74)76-13-8-10-15-78(76)119-6/h7-25,28,36,56,59,64-65,80,88H,26-27,29-35,37-55,57-58,60-63,97-98H2,1-6H3,(H4-,100,103,105,111,112,114,115,116,117,118)/p+1/b16-11-,72-59-. The van der Waals surface area contributed by atoms with Crippen molar-refractivity contribution in [2.45, 2.75) is 71.9 Å². The third-order valence-electron chi connectivity index (χ3n) is 21.0. The number of amides is 4. The number of carbonyl (C=O) groups excluding carboxylic acids is 5. The molecule has 8 aromatic rings. The minimum Gasteiger partial charge on any atom is -0.496 e. The predicted molar refractivity (Wildman–Crippen MR) is 495 cm³/mol. The van der Waals surface area contributed by atoms with Gasteiger partial charge in [-0.05, 0) is 101 Å². The number of quaternary nitrogens is 1. The molecule has 2 unspecified atom stereocenters. The Balaban J connectivity index is 0.766. The number of likely N-dealkylation sites (N-methyl/N-ethyl adjacent to an activating group) is 2. The lowest BCUT2D eigenvalue weighted by atomic mass is 9.96. The first-order valence-electron chi connectivity index (χ1n) is 43.8. The van der Waals surface area contributed by atoms with Crippen LogP contribution in [0.5, 0.6) is 23.1 Å². The number of para-hydroxylation sites is 2. The molecule has 0 radical (unpaired) electrons. The number of carbonyl (C=O) groups is 7. The molecule has 1 fully saturated rings. The van der Waals surface area contributed by atoms with Crippen LogP contribution in [0.2, 0.25) is 5.02 Å². The fourth-order valence-corrected chi connectivity index (χ4v) is 15.1. The Labute approximate surface area is 782 Å². The lowest BCUT2D eigenvalue weighted by Gasteiger charge is -2.42. The Kier molecular flexibility index (Phi) is 45.4. The van der Waals surface area contributed by atoms with Gasteiger partial charge in [0, 0.05) is 86.2 Å². The second-order valence-corrected chi connectivity index (χ2v) is 32.8. The molecule has 133 heavy (non-hydrogen) atoms. The van der Waals surface area contributed by atoms with E-state index in [-0.39, 0.29) is 89.8 Å². The quantitative estimate of drug-likeness (QED) is 0.00469. The summed E-state index contributed by atoms with van der Waals surface area (Å²) in [5, 5.41) is 30.0. The van der Waals surface area contributed by atoms with Crippen LogP contribution in [-0.4, -0.2) is 309 Å². The average molecular weight is 1890 g/mol. The van der Waals surface area contributed by atoms with E-state index in [1.54, 1.807) is 95.0 Å². The SMILES string of the molecule is COc1ccccc1-c1nccc(COc2ccccc2CC(Oc2ncnc3sc(-c4ccc(F)cc4)c(-c4ccc(OCCN5CC[N+](C)(Cc6ccc(NC(=O)CNC(=O)C(NC(=O)CCOCCN(C)C(=O)/C=C\C=O)C(C)C)cc6COC/C(N)=C/N(N)CCOCCOCCOCCOCCOCCOCCOCCOCCC(=O)O)CC5)c(Cl)c4C)c23)C(=O)O)n1. The molecular weight excluding hydrogens is 1770 g/mol. The number of hydrogen-bond donors (Lipinski definition) is 7. The summed E-state index contributed by atoms with van der Waals surface area (Å²) in [7, 11) is 5.32. The van der Waals surface area contributed by atoms with Crippen molar-refractivity contribution in [3.63, 3.8) is 0 Å². The fourth-order valence-electron chi connectivity index (χ4n) is 13.7. The molecule has 4 heterocycles. The highest BCUT2D eigenvalue weighted by atomic mass is 35.5. The zero-order valence-electron chi connectivity index (χ0n) is 76.0. The molecule has 0 bridgehead atoms. The van der Waals surface area contributed by atoms with Crippen LogP contribution in [0.25, 0.3) is 43.2 Å². The summed E-state index contributed by atoms with van der Waals surface area (Å²) >= 11 is 8.64. The van der Waals surface area contributed by atoms with E-state index >= 15 is 0 Å². The van der Waals surface area contributed by atoms with Crippen LogP contribution in [0.4, 0.5) is 10.1 Å². The van der Waals surface area contributed by atoms with Crippen molar-refractivity contribution >= 4 is 80.7 Å². The molecule has 2 atom stereocenters. The molecule has 9 N–H and O–H groups in total. The minimum absolute atomic E-state index is 0.00623. The second-order valence-electron chi connectivity index (χ2n) is 31.4. The van der Waals surface area contributed by atoms with E-state index in [9.17, 15) is 43.1 Å². The number of carboxylic acids is 2. The summed E-state index contributed by atoms with van der Waals surface area (Å²) < 4.78 is 96.0. The zero-order chi connectivity index (χ0) is 95.1. The summed E-state index contributed by atoms with van der Waals surface area (Å²) in [5.74, 6) is 3.41. The normalized spacial score (nSPS) is 13.2. The molecule has 1 aliphatic heterocycles. The number of anilines is 1. The maximum absolute atomic E-state index is 14.6. The topological polar surface area (TPSA) is 439 Å². The van der Waals surface area contributed by atoms with Gasteiger partial charge >= 0.3 is 11.9 Å². The van der Waals surface area contributed by atoms with E-state index in [0.29, 0.717) is 223 Å². The van der Waals surface area contributed by atoms with Crippen LogP contribution in [0, 0.1) is 18.7 Å². The number of methoxy groups -OCH3 is 1. The number of ether oxygens (including phenoxy) is 14. The average Bonchev–Trinajstić information content (AvgIpc) is 1.59.